The summed E-state index contributed by atoms with van der Waals surface area (Å²) in [5, 5.41) is 20.3. The molecule has 0 aliphatic heterocycles. The Morgan fingerprint density at radius 1 is 1.17 bits per heavy atom. The van der Waals surface area contributed by atoms with Gasteiger partial charge in [-0.05, 0) is 54.2 Å². The van der Waals surface area contributed by atoms with E-state index in [0.717, 1.165) is 35.9 Å². The summed E-state index contributed by atoms with van der Waals surface area (Å²) in [4.78, 5) is 2.27. The first-order chi connectivity index (χ1) is 11.6. The first-order valence-corrected chi connectivity index (χ1v) is 8.46. The van der Waals surface area contributed by atoms with Gasteiger partial charge in [0.25, 0.3) is 0 Å². The standard InChI is InChI=1S/C20H25NO3/c1-24-19-7-3-5-17(11-19)20(23)14-21(12-15-8-9-15)13-16-4-2-6-18(22)10-16/h2-7,10-11,15,20,22-23H,8-9,12-14H2,1H3. The summed E-state index contributed by atoms with van der Waals surface area (Å²) in [5.74, 6) is 1.78. The molecule has 0 spiro atoms. The number of hydrogen-bond acceptors (Lipinski definition) is 4. The van der Waals surface area contributed by atoms with Gasteiger partial charge in [-0.25, -0.2) is 0 Å². The Balaban J connectivity index is 1.68. The van der Waals surface area contributed by atoms with Gasteiger partial charge in [0, 0.05) is 19.6 Å². The Morgan fingerprint density at radius 3 is 2.67 bits per heavy atom. The van der Waals surface area contributed by atoms with E-state index in [1.54, 1.807) is 19.2 Å². The number of phenols is 1. The highest BCUT2D eigenvalue weighted by Crippen LogP contribution is 2.31. The second-order valence-electron chi connectivity index (χ2n) is 6.60. The monoisotopic (exact) mass is 327 g/mol. The van der Waals surface area contributed by atoms with E-state index in [1.165, 1.54) is 12.8 Å². The highest BCUT2D eigenvalue weighted by Gasteiger charge is 2.25. The van der Waals surface area contributed by atoms with E-state index in [9.17, 15) is 10.2 Å². The molecular weight excluding hydrogens is 302 g/mol. The van der Waals surface area contributed by atoms with Gasteiger partial charge < -0.3 is 14.9 Å². The number of nitrogens with zero attached hydrogens (tertiary/aromatic N) is 1. The van der Waals surface area contributed by atoms with Gasteiger partial charge in [0.2, 0.25) is 0 Å². The molecule has 128 valence electrons. The summed E-state index contributed by atoms with van der Waals surface area (Å²) in [6.45, 7) is 2.28. The minimum atomic E-state index is -0.559. The van der Waals surface area contributed by atoms with Crippen molar-refractivity contribution in [3.8, 4) is 11.5 Å². The third-order valence-electron chi connectivity index (χ3n) is 4.44. The third kappa shape index (κ3) is 4.73. The molecule has 1 aliphatic carbocycles. The number of methoxy groups -OCH3 is 1. The van der Waals surface area contributed by atoms with Crippen molar-refractivity contribution in [3.05, 3.63) is 59.7 Å². The van der Waals surface area contributed by atoms with Crippen molar-refractivity contribution in [1.82, 2.24) is 4.90 Å². The predicted octanol–water partition coefficient (Wildman–Crippen LogP) is 3.35. The van der Waals surface area contributed by atoms with E-state index in [0.29, 0.717) is 6.54 Å². The minimum absolute atomic E-state index is 0.284. The molecule has 2 aromatic carbocycles. The zero-order chi connectivity index (χ0) is 16.9. The van der Waals surface area contributed by atoms with Gasteiger partial charge >= 0.3 is 0 Å². The van der Waals surface area contributed by atoms with Crippen LogP contribution in [0.5, 0.6) is 11.5 Å². The van der Waals surface area contributed by atoms with E-state index in [4.69, 9.17) is 4.74 Å². The minimum Gasteiger partial charge on any atom is -0.508 e. The fourth-order valence-electron chi connectivity index (χ4n) is 2.98. The molecule has 2 aromatic rings. The van der Waals surface area contributed by atoms with Crippen LogP contribution in [0.2, 0.25) is 0 Å². The van der Waals surface area contributed by atoms with E-state index in [-0.39, 0.29) is 5.75 Å². The van der Waals surface area contributed by atoms with Crippen LogP contribution >= 0.6 is 0 Å². The van der Waals surface area contributed by atoms with Crippen molar-refractivity contribution in [2.24, 2.45) is 5.92 Å². The molecule has 0 aromatic heterocycles. The highest BCUT2D eigenvalue weighted by atomic mass is 16.5. The summed E-state index contributed by atoms with van der Waals surface area (Å²) in [7, 11) is 1.63. The molecule has 0 heterocycles. The molecule has 1 aliphatic rings. The Labute approximate surface area is 143 Å². The largest absolute Gasteiger partial charge is 0.508 e. The molecule has 0 bridgehead atoms. The van der Waals surface area contributed by atoms with E-state index in [2.05, 4.69) is 4.90 Å². The lowest BCUT2D eigenvalue weighted by Gasteiger charge is -2.25. The normalized spacial score (nSPS) is 15.5. The molecule has 1 saturated carbocycles. The van der Waals surface area contributed by atoms with Crippen LogP contribution in [-0.2, 0) is 6.54 Å². The number of hydrogen-bond donors (Lipinski definition) is 2. The van der Waals surface area contributed by atoms with Crippen LogP contribution in [0.1, 0.15) is 30.1 Å². The molecule has 0 amide bonds. The molecule has 24 heavy (non-hydrogen) atoms. The van der Waals surface area contributed by atoms with Gasteiger partial charge in [0.1, 0.15) is 11.5 Å². The van der Waals surface area contributed by atoms with Crippen molar-refractivity contribution in [1.29, 1.82) is 0 Å². The Hall–Kier alpha value is -2.04. The van der Waals surface area contributed by atoms with Crippen molar-refractivity contribution in [2.75, 3.05) is 20.2 Å². The van der Waals surface area contributed by atoms with Gasteiger partial charge in [0.15, 0.2) is 0 Å². The second kappa shape index (κ2) is 7.69. The predicted molar refractivity (Wildman–Crippen MR) is 94.1 cm³/mol. The Kier molecular flexibility index (Phi) is 5.38. The molecule has 0 radical (unpaired) electrons. The zero-order valence-electron chi connectivity index (χ0n) is 14.1. The molecule has 4 nitrogen and oxygen atoms in total. The molecule has 4 heteroatoms. The lowest BCUT2D eigenvalue weighted by molar-refractivity contribution is 0.106. The zero-order valence-corrected chi connectivity index (χ0v) is 14.1. The highest BCUT2D eigenvalue weighted by molar-refractivity contribution is 5.30. The summed E-state index contributed by atoms with van der Waals surface area (Å²) < 4.78 is 5.24. The summed E-state index contributed by atoms with van der Waals surface area (Å²) >= 11 is 0. The van der Waals surface area contributed by atoms with Crippen LogP contribution in [0.15, 0.2) is 48.5 Å². The maximum Gasteiger partial charge on any atom is 0.119 e. The fourth-order valence-corrected chi connectivity index (χ4v) is 2.98. The fraction of sp³-hybridized carbons (Fsp3) is 0.400. The van der Waals surface area contributed by atoms with Crippen LogP contribution in [-0.4, -0.2) is 35.3 Å². The average molecular weight is 327 g/mol. The van der Waals surface area contributed by atoms with Crippen molar-refractivity contribution in [2.45, 2.75) is 25.5 Å². The number of benzene rings is 2. The maximum atomic E-state index is 10.6. The topological polar surface area (TPSA) is 52.9 Å². The number of aliphatic hydroxyl groups excluding tert-OH is 1. The molecule has 0 saturated heterocycles. The molecule has 3 rings (SSSR count). The molecule has 1 atom stereocenters. The van der Waals surface area contributed by atoms with Crippen molar-refractivity contribution in [3.63, 3.8) is 0 Å². The van der Waals surface area contributed by atoms with Crippen LogP contribution in [0, 0.1) is 5.92 Å². The first kappa shape index (κ1) is 16.8. The van der Waals surface area contributed by atoms with Gasteiger partial charge in [-0.1, -0.05) is 24.3 Å². The van der Waals surface area contributed by atoms with E-state index < -0.39 is 6.10 Å². The number of ether oxygens (including phenoxy) is 1. The maximum absolute atomic E-state index is 10.6. The van der Waals surface area contributed by atoms with Gasteiger partial charge in [0.05, 0.1) is 13.2 Å². The third-order valence-corrected chi connectivity index (χ3v) is 4.44. The quantitative estimate of drug-likeness (QED) is 0.781. The van der Waals surface area contributed by atoms with Crippen LogP contribution < -0.4 is 4.74 Å². The first-order valence-electron chi connectivity index (χ1n) is 8.46. The second-order valence-corrected chi connectivity index (χ2v) is 6.60. The SMILES string of the molecule is COc1cccc(C(O)CN(Cc2cccc(O)c2)CC2CC2)c1. The van der Waals surface area contributed by atoms with Crippen LogP contribution in [0.25, 0.3) is 0 Å². The van der Waals surface area contributed by atoms with E-state index in [1.807, 2.05) is 36.4 Å². The molecular formula is C20H25NO3. The number of aromatic hydroxyl groups is 1. The number of aliphatic hydroxyl groups is 1. The van der Waals surface area contributed by atoms with Crippen LogP contribution in [0.3, 0.4) is 0 Å². The number of rotatable bonds is 8. The molecule has 2 N–H and O–H groups in total. The summed E-state index contributed by atoms with van der Waals surface area (Å²) in [5.41, 5.74) is 1.93. The van der Waals surface area contributed by atoms with Crippen LogP contribution in [0.4, 0.5) is 0 Å². The summed E-state index contributed by atoms with van der Waals surface area (Å²) in [6, 6.07) is 14.9. The van der Waals surface area contributed by atoms with Gasteiger partial charge in [-0.15, -0.1) is 0 Å². The van der Waals surface area contributed by atoms with Gasteiger partial charge in [-0.3, -0.25) is 4.90 Å². The average Bonchev–Trinajstić information content (AvgIpc) is 3.39. The number of phenolic OH excluding ortho intramolecular Hbond substituents is 1. The molecule has 1 unspecified atom stereocenters. The smallest absolute Gasteiger partial charge is 0.119 e. The lowest BCUT2D eigenvalue weighted by Crippen LogP contribution is -2.30. The summed E-state index contributed by atoms with van der Waals surface area (Å²) in [6.07, 6.45) is 1.98. The van der Waals surface area contributed by atoms with E-state index >= 15 is 0 Å². The van der Waals surface area contributed by atoms with Gasteiger partial charge in [-0.2, -0.15) is 0 Å². The lowest BCUT2D eigenvalue weighted by atomic mass is 10.1. The van der Waals surface area contributed by atoms with Crippen molar-refractivity contribution >= 4 is 0 Å². The Bertz CT molecular complexity index is 669. The van der Waals surface area contributed by atoms with Crippen molar-refractivity contribution < 1.29 is 14.9 Å². The molecule has 1 fully saturated rings. The Morgan fingerprint density at radius 2 is 1.96 bits per heavy atom.